The van der Waals surface area contributed by atoms with E-state index in [1.54, 1.807) is 0 Å². The summed E-state index contributed by atoms with van der Waals surface area (Å²) in [6.45, 7) is 0. The van der Waals surface area contributed by atoms with Crippen LogP contribution in [0.1, 0.15) is 25.7 Å². The average Bonchev–Trinajstić information content (AvgIpc) is 2.05. The fourth-order valence-electron chi connectivity index (χ4n) is 1.65. The molecule has 1 fully saturated rings. The van der Waals surface area contributed by atoms with Crippen molar-refractivity contribution in [1.29, 1.82) is 0 Å². The maximum Gasteiger partial charge on any atom is 0.110 e. The number of hydrogen-bond donors (Lipinski definition) is 0. The zero-order chi connectivity index (χ0) is 8.27. The van der Waals surface area contributed by atoms with E-state index < -0.39 is 0 Å². The quantitative estimate of drug-likeness (QED) is 0.713. The first-order valence-corrected chi connectivity index (χ1v) is 5.06. The Morgan fingerprint density at radius 1 is 1.18 bits per heavy atom. The van der Waals surface area contributed by atoms with Crippen LogP contribution in [0.5, 0.6) is 0 Å². The van der Waals surface area contributed by atoms with Gasteiger partial charge in [0.2, 0.25) is 0 Å². The number of halogens is 1. The molecule has 0 aromatic carbocycles. The second-order valence-electron chi connectivity index (χ2n) is 3.48. The van der Waals surface area contributed by atoms with Gasteiger partial charge in [0.25, 0.3) is 0 Å². The molecule has 1 rings (SSSR count). The van der Waals surface area contributed by atoms with E-state index >= 15 is 0 Å². The summed E-state index contributed by atoms with van der Waals surface area (Å²) in [4.78, 5) is 2.32. The van der Waals surface area contributed by atoms with Crippen LogP contribution in [0.25, 0.3) is 0 Å². The number of hydrogen-bond acceptors (Lipinski definition) is 2. The summed E-state index contributed by atoms with van der Waals surface area (Å²) >= 11 is 2.02. The molecule has 0 saturated heterocycles. The van der Waals surface area contributed by atoms with E-state index in [0.717, 1.165) is 6.04 Å². The van der Waals surface area contributed by atoms with Crippen molar-refractivity contribution in [3.05, 3.63) is 0 Å². The highest BCUT2D eigenvalue weighted by atomic mass is 127. The van der Waals surface area contributed by atoms with Gasteiger partial charge in [-0.3, -0.25) is 0 Å². The third-order valence-electron chi connectivity index (χ3n) is 2.50. The van der Waals surface area contributed by atoms with Crippen molar-refractivity contribution >= 4 is 23.0 Å². The second kappa shape index (κ2) is 4.62. The molecule has 0 aromatic heterocycles. The molecule has 0 aliphatic heterocycles. The first-order valence-electron chi connectivity index (χ1n) is 4.18. The van der Waals surface area contributed by atoms with Crippen LogP contribution < -0.4 is 0 Å². The summed E-state index contributed by atoms with van der Waals surface area (Å²) in [5.74, 6) is 0. The summed E-state index contributed by atoms with van der Waals surface area (Å²) in [7, 11) is 4.33. The van der Waals surface area contributed by atoms with Crippen LogP contribution in [0.4, 0.5) is 0 Å². The fourth-order valence-corrected chi connectivity index (χ4v) is 2.16. The summed E-state index contributed by atoms with van der Waals surface area (Å²) in [5, 5.41) is 0. The Morgan fingerprint density at radius 2 is 1.73 bits per heavy atom. The van der Waals surface area contributed by atoms with Gasteiger partial charge in [0.05, 0.1) is 6.10 Å². The molecule has 0 spiro atoms. The highest BCUT2D eigenvalue weighted by Gasteiger charge is 2.22. The minimum atomic E-state index is 0.520. The van der Waals surface area contributed by atoms with Gasteiger partial charge in [-0.2, -0.15) is 0 Å². The molecule has 0 atom stereocenters. The molecule has 0 unspecified atom stereocenters. The smallest absolute Gasteiger partial charge is 0.110 e. The number of nitrogens with zero attached hydrogens (tertiary/aromatic N) is 1. The summed E-state index contributed by atoms with van der Waals surface area (Å²) in [6, 6.07) is 0.790. The first kappa shape index (κ1) is 9.74. The summed E-state index contributed by atoms with van der Waals surface area (Å²) in [5.41, 5.74) is 0. The zero-order valence-electron chi connectivity index (χ0n) is 7.22. The minimum absolute atomic E-state index is 0.520. The normalized spacial score (nSPS) is 32.7. The van der Waals surface area contributed by atoms with Gasteiger partial charge in [-0.05, 0) is 39.8 Å². The van der Waals surface area contributed by atoms with E-state index in [0.29, 0.717) is 6.10 Å². The van der Waals surface area contributed by atoms with Crippen LogP contribution in [0.2, 0.25) is 0 Å². The Labute approximate surface area is 83.0 Å². The summed E-state index contributed by atoms with van der Waals surface area (Å²) < 4.78 is 5.27. The highest BCUT2D eigenvalue weighted by molar-refractivity contribution is 14.1. The highest BCUT2D eigenvalue weighted by Crippen LogP contribution is 2.24. The van der Waals surface area contributed by atoms with Gasteiger partial charge >= 0.3 is 0 Å². The van der Waals surface area contributed by atoms with Crippen molar-refractivity contribution in [1.82, 2.24) is 4.90 Å². The third kappa shape index (κ3) is 2.87. The van der Waals surface area contributed by atoms with E-state index in [-0.39, 0.29) is 0 Å². The standard InChI is InChI=1S/C8H16INO/c1-10(2)7-3-5-8(11-9)6-4-7/h7-8H,3-6H2,1-2H3. The van der Waals surface area contributed by atoms with E-state index in [4.69, 9.17) is 3.07 Å². The molecular weight excluding hydrogens is 253 g/mol. The van der Waals surface area contributed by atoms with E-state index in [1.807, 2.05) is 23.0 Å². The maximum absolute atomic E-state index is 5.27. The maximum atomic E-state index is 5.27. The lowest BCUT2D eigenvalue weighted by atomic mass is 9.93. The second-order valence-corrected chi connectivity index (χ2v) is 3.99. The SMILES string of the molecule is CN(C)C1CCC(OI)CC1. The first-order chi connectivity index (χ1) is 5.24. The van der Waals surface area contributed by atoms with Crippen molar-refractivity contribution in [3.8, 4) is 0 Å². The van der Waals surface area contributed by atoms with Crippen LogP contribution in [-0.4, -0.2) is 31.1 Å². The van der Waals surface area contributed by atoms with Crippen molar-refractivity contribution in [2.24, 2.45) is 0 Å². The molecule has 1 aliphatic rings. The van der Waals surface area contributed by atoms with Crippen molar-refractivity contribution < 1.29 is 3.07 Å². The molecule has 0 heterocycles. The van der Waals surface area contributed by atoms with E-state index in [9.17, 15) is 0 Å². The van der Waals surface area contributed by atoms with Crippen molar-refractivity contribution in [2.75, 3.05) is 14.1 Å². The molecule has 0 radical (unpaired) electrons. The lowest BCUT2D eigenvalue weighted by Gasteiger charge is -2.31. The molecule has 3 heteroatoms. The minimum Gasteiger partial charge on any atom is -0.312 e. The zero-order valence-corrected chi connectivity index (χ0v) is 9.37. The third-order valence-corrected chi connectivity index (χ3v) is 3.22. The van der Waals surface area contributed by atoms with E-state index in [2.05, 4.69) is 19.0 Å². The molecule has 0 bridgehead atoms. The molecule has 2 nitrogen and oxygen atoms in total. The Bertz CT molecular complexity index is 111. The lowest BCUT2D eigenvalue weighted by molar-refractivity contribution is 0.145. The van der Waals surface area contributed by atoms with Crippen LogP contribution >= 0.6 is 23.0 Å². The van der Waals surface area contributed by atoms with Crippen LogP contribution in [0, 0.1) is 0 Å². The molecule has 0 aromatic rings. The molecule has 1 saturated carbocycles. The molecule has 1 aliphatic carbocycles. The number of rotatable bonds is 2. The van der Waals surface area contributed by atoms with Gasteiger partial charge in [0.1, 0.15) is 23.0 Å². The Balaban J connectivity index is 2.24. The monoisotopic (exact) mass is 269 g/mol. The van der Waals surface area contributed by atoms with Crippen LogP contribution in [0.15, 0.2) is 0 Å². The van der Waals surface area contributed by atoms with Gasteiger partial charge in [0.15, 0.2) is 0 Å². The van der Waals surface area contributed by atoms with E-state index in [1.165, 1.54) is 25.7 Å². The van der Waals surface area contributed by atoms with Gasteiger partial charge in [-0.15, -0.1) is 0 Å². The van der Waals surface area contributed by atoms with Crippen LogP contribution in [0.3, 0.4) is 0 Å². The molecular formula is C8H16INO. The van der Waals surface area contributed by atoms with Gasteiger partial charge in [-0.1, -0.05) is 0 Å². The predicted molar refractivity (Wildman–Crippen MR) is 54.8 cm³/mol. The molecule has 0 N–H and O–H groups in total. The fraction of sp³-hybridized carbons (Fsp3) is 1.00. The molecule has 66 valence electrons. The Hall–Kier alpha value is 0.650. The average molecular weight is 269 g/mol. The van der Waals surface area contributed by atoms with Crippen molar-refractivity contribution in [2.45, 2.75) is 37.8 Å². The Kier molecular flexibility index (Phi) is 4.09. The molecule has 0 amide bonds. The Morgan fingerprint density at radius 3 is 2.09 bits per heavy atom. The molecule has 11 heavy (non-hydrogen) atoms. The topological polar surface area (TPSA) is 12.5 Å². The predicted octanol–water partition coefficient (Wildman–Crippen LogP) is 2.23. The van der Waals surface area contributed by atoms with Gasteiger partial charge in [-0.25, -0.2) is 0 Å². The van der Waals surface area contributed by atoms with Gasteiger partial charge in [0, 0.05) is 6.04 Å². The van der Waals surface area contributed by atoms with Crippen LogP contribution in [-0.2, 0) is 3.07 Å². The summed E-state index contributed by atoms with van der Waals surface area (Å²) in [6.07, 6.45) is 5.56. The largest absolute Gasteiger partial charge is 0.312 e. The van der Waals surface area contributed by atoms with Gasteiger partial charge < -0.3 is 7.97 Å². The lowest BCUT2D eigenvalue weighted by Crippen LogP contribution is -2.33. The van der Waals surface area contributed by atoms with Crippen molar-refractivity contribution in [3.63, 3.8) is 0 Å².